The molecule has 1 unspecified atom stereocenters. The van der Waals surface area contributed by atoms with Crippen LogP contribution in [0.1, 0.15) is 103 Å². The van der Waals surface area contributed by atoms with Crippen molar-refractivity contribution in [1.29, 1.82) is 0 Å². The second kappa shape index (κ2) is 18.1. The highest BCUT2D eigenvalue weighted by atomic mass is 31.1. The Morgan fingerprint density at radius 2 is 0.842 bits per heavy atom. The lowest BCUT2D eigenvalue weighted by atomic mass is 10.0. The summed E-state index contributed by atoms with van der Waals surface area (Å²) in [7, 11) is -0.0811. The Balaban J connectivity index is 2.89. The van der Waals surface area contributed by atoms with Gasteiger partial charge < -0.3 is 0 Å². The van der Waals surface area contributed by atoms with Gasteiger partial charge in [-0.05, 0) is 12.8 Å². The average Bonchev–Trinajstić information content (AvgIpc) is 2.43. The molecule has 1 atom stereocenters. The molecule has 19 heavy (non-hydrogen) atoms. The first kappa shape index (κ1) is 19.1. The van der Waals surface area contributed by atoms with E-state index in [1.54, 1.807) is 0 Å². The van der Waals surface area contributed by atoms with E-state index in [-0.39, 0.29) is 8.46 Å². The summed E-state index contributed by atoms with van der Waals surface area (Å²) in [5, 5.41) is 0. The summed E-state index contributed by atoms with van der Waals surface area (Å²) in [5.74, 6) is 0. The number of rotatable bonds is 16. The standard InChI is InChI=1S/C17H35OP/c1-2-3-4-5-6-7-8-9-10-11-12-13-14-15-16-17-19-18/h2-17H2,1H3/p+1. The van der Waals surface area contributed by atoms with Crippen molar-refractivity contribution in [3.63, 3.8) is 0 Å². The van der Waals surface area contributed by atoms with E-state index in [0.29, 0.717) is 0 Å². The number of hydrogen-bond acceptors (Lipinski definition) is 1. The molecule has 0 radical (unpaired) electrons. The molecule has 0 amide bonds. The maximum absolute atomic E-state index is 10.3. The average molecular weight is 287 g/mol. The zero-order chi connectivity index (χ0) is 14.0. The summed E-state index contributed by atoms with van der Waals surface area (Å²) in [6.07, 6.45) is 21.9. The first-order valence-electron chi connectivity index (χ1n) is 8.76. The van der Waals surface area contributed by atoms with Gasteiger partial charge in [-0.25, -0.2) is 0 Å². The van der Waals surface area contributed by atoms with Crippen LogP contribution in [0.5, 0.6) is 0 Å². The molecule has 0 aliphatic rings. The van der Waals surface area contributed by atoms with Crippen molar-refractivity contribution in [2.75, 3.05) is 6.16 Å². The second-order valence-corrected chi connectivity index (χ2v) is 6.63. The molecule has 2 heteroatoms. The van der Waals surface area contributed by atoms with Gasteiger partial charge in [-0.15, -0.1) is 0 Å². The molecule has 0 fully saturated rings. The molecule has 0 spiro atoms. The summed E-state index contributed by atoms with van der Waals surface area (Å²) in [4.78, 5) is 0. The molecule has 0 rings (SSSR count). The molecule has 0 saturated heterocycles. The lowest BCUT2D eigenvalue weighted by molar-refractivity contribution is 0.534. The maximum atomic E-state index is 10.3. The molecule has 0 saturated carbocycles. The third kappa shape index (κ3) is 18.1. The lowest BCUT2D eigenvalue weighted by Gasteiger charge is -2.02. The van der Waals surface area contributed by atoms with Crippen LogP contribution < -0.4 is 0 Å². The van der Waals surface area contributed by atoms with Crippen molar-refractivity contribution in [3.8, 4) is 0 Å². The van der Waals surface area contributed by atoms with Crippen molar-refractivity contribution >= 4 is 8.46 Å². The Morgan fingerprint density at radius 1 is 0.526 bits per heavy atom. The summed E-state index contributed by atoms with van der Waals surface area (Å²) in [6.45, 7) is 2.28. The molecule has 0 aliphatic carbocycles. The first-order chi connectivity index (χ1) is 9.41. The smallest absolute Gasteiger partial charge is 0.0775 e. The van der Waals surface area contributed by atoms with Gasteiger partial charge in [-0.1, -0.05) is 95.0 Å². The van der Waals surface area contributed by atoms with Crippen molar-refractivity contribution < 1.29 is 4.57 Å². The highest BCUT2D eigenvalue weighted by Gasteiger charge is 1.95. The Labute approximate surface area is 123 Å². The van der Waals surface area contributed by atoms with Gasteiger partial charge >= 0.3 is 8.46 Å². The fraction of sp³-hybridized carbons (Fsp3) is 1.00. The van der Waals surface area contributed by atoms with E-state index in [0.717, 1.165) is 6.16 Å². The lowest BCUT2D eigenvalue weighted by Crippen LogP contribution is -1.83. The van der Waals surface area contributed by atoms with E-state index < -0.39 is 0 Å². The molecule has 0 heterocycles. The Hall–Kier alpha value is 0.100. The molecule has 0 N–H and O–H groups in total. The van der Waals surface area contributed by atoms with Crippen LogP contribution in [0, 0.1) is 0 Å². The quantitative estimate of drug-likeness (QED) is 0.223. The largest absolute Gasteiger partial charge is 0.324 e. The van der Waals surface area contributed by atoms with Crippen LogP contribution in [0.3, 0.4) is 0 Å². The highest BCUT2D eigenvalue weighted by Crippen LogP contribution is 2.13. The third-order valence-corrected chi connectivity index (χ3v) is 4.44. The SMILES string of the molecule is CCCCCCCCCCCCCCCCC[PH+]=O. The van der Waals surface area contributed by atoms with Gasteiger partial charge in [0.25, 0.3) is 0 Å². The van der Waals surface area contributed by atoms with Crippen LogP contribution in [0.15, 0.2) is 0 Å². The predicted octanol–water partition coefficient (Wildman–Crippen LogP) is 6.88. The fourth-order valence-corrected chi connectivity index (χ4v) is 2.96. The Bertz CT molecular complexity index is 171. The second-order valence-electron chi connectivity index (χ2n) is 5.84. The van der Waals surface area contributed by atoms with E-state index in [1.165, 1.54) is 96.3 Å². The van der Waals surface area contributed by atoms with Crippen molar-refractivity contribution in [3.05, 3.63) is 0 Å². The van der Waals surface area contributed by atoms with E-state index in [2.05, 4.69) is 6.92 Å². The van der Waals surface area contributed by atoms with E-state index >= 15 is 0 Å². The van der Waals surface area contributed by atoms with Gasteiger partial charge in [0.1, 0.15) is 6.16 Å². The van der Waals surface area contributed by atoms with Crippen LogP contribution in [0.2, 0.25) is 0 Å². The van der Waals surface area contributed by atoms with Gasteiger partial charge in [-0.2, -0.15) is 0 Å². The molecule has 0 aromatic heterocycles. The van der Waals surface area contributed by atoms with Gasteiger partial charge in [0.15, 0.2) is 0 Å². The maximum Gasteiger partial charge on any atom is 0.324 e. The fourth-order valence-electron chi connectivity index (χ4n) is 2.57. The predicted molar refractivity (Wildman–Crippen MR) is 88.8 cm³/mol. The van der Waals surface area contributed by atoms with E-state index in [9.17, 15) is 4.57 Å². The van der Waals surface area contributed by atoms with Crippen LogP contribution in [-0.4, -0.2) is 6.16 Å². The van der Waals surface area contributed by atoms with E-state index in [4.69, 9.17) is 0 Å². The topological polar surface area (TPSA) is 17.1 Å². The minimum Gasteiger partial charge on any atom is -0.0775 e. The zero-order valence-corrected chi connectivity index (χ0v) is 14.2. The monoisotopic (exact) mass is 287 g/mol. The molecule has 0 aliphatic heterocycles. The molecular formula is C17H36OP+. The first-order valence-corrected chi connectivity index (χ1v) is 9.88. The van der Waals surface area contributed by atoms with Crippen molar-refractivity contribution in [2.24, 2.45) is 0 Å². The molecule has 1 nitrogen and oxygen atoms in total. The van der Waals surface area contributed by atoms with Crippen LogP contribution in [0.25, 0.3) is 0 Å². The van der Waals surface area contributed by atoms with E-state index in [1.807, 2.05) is 0 Å². The Kier molecular flexibility index (Phi) is 18.2. The molecule has 0 aromatic rings. The van der Waals surface area contributed by atoms with Crippen LogP contribution >= 0.6 is 8.46 Å². The molecular weight excluding hydrogens is 251 g/mol. The third-order valence-electron chi connectivity index (χ3n) is 3.88. The Morgan fingerprint density at radius 3 is 1.16 bits per heavy atom. The summed E-state index contributed by atoms with van der Waals surface area (Å²) in [6, 6.07) is 0. The van der Waals surface area contributed by atoms with Gasteiger partial charge in [0.2, 0.25) is 0 Å². The van der Waals surface area contributed by atoms with Gasteiger partial charge in [0.05, 0.1) is 0 Å². The minimum absolute atomic E-state index is 0.0811. The summed E-state index contributed by atoms with van der Waals surface area (Å²) < 4.78 is 10.3. The normalized spacial score (nSPS) is 11.2. The van der Waals surface area contributed by atoms with Crippen molar-refractivity contribution in [1.82, 2.24) is 0 Å². The molecule has 114 valence electrons. The number of unbranched alkanes of at least 4 members (excludes halogenated alkanes) is 14. The molecule has 0 bridgehead atoms. The van der Waals surface area contributed by atoms with Gasteiger partial charge in [-0.3, -0.25) is 0 Å². The van der Waals surface area contributed by atoms with Crippen LogP contribution in [-0.2, 0) is 4.57 Å². The minimum atomic E-state index is -0.0811. The highest BCUT2D eigenvalue weighted by molar-refractivity contribution is 7.23. The molecule has 0 aromatic carbocycles. The summed E-state index contributed by atoms with van der Waals surface area (Å²) >= 11 is 0. The van der Waals surface area contributed by atoms with Crippen LogP contribution in [0.4, 0.5) is 0 Å². The van der Waals surface area contributed by atoms with Gasteiger partial charge in [0, 0.05) is 0 Å². The number of hydrogen-bond donors (Lipinski definition) is 0. The van der Waals surface area contributed by atoms with Crippen molar-refractivity contribution in [2.45, 2.75) is 103 Å². The zero-order valence-electron chi connectivity index (χ0n) is 13.2. The summed E-state index contributed by atoms with van der Waals surface area (Å²) in [5.41, 5.74) is 0.